The Bertz CT molecular complexity index is 3220. The number of aliphatic carboxylic acids is 2. The van der Waals surface area contributed by atoms with Crippen molar-refractivity contribution in [3.05, 3.63) is 225 Å². The second-order valence-electron chi connectivity index (χ2n) is 15.5. The number of nitrogen functional groups attached to an aromatic ring is 1. The van der Waals surface area contributed by atoms with E-state index in [9.17, 15) is 14.4 Å². The fourth-order valence-electron chi connectivity index (χ4n) is 5.90. The van der Waals surface area contributed by atoms with Crippen LogP contribution in [0.15, 0.2) is 176 Å². The van der Waals surface area contributed by atoms with Crippen molar-refractivity contribution in [3.8, 4) is 47.0 Å². The van der Waals surface area contributed by atoms with Crippen molar-refractivity contribution in [1.82, 2.24) is 15.0 Å². The van der Waals surface area contributed by atoms with Gasteiger partial charge in [0, 0.05) is 76.4 Å². The molecule has 0 aliphatic rings. The van der Waals surface area contributed by atoms with Crippen LogP contribution in [-0.2, 0) is 33.6 Å². The third-order valence-electron chi connectivity index (χ3n) is 9.68. The zero-order chi connectivity index (χ0) is 55.1. The first-order chi connectivity index (χ1) is 36.6. The molecule has 1 amide bonds. The van der Waals surface area contributed by atoms with Crippen LogP contribution in [-0.4, -0.2) is 48.1 Å². The van der Waals surface area contributed by atoms with Gasteiger partial charge in [-0.1, -0.05) is 71.2 Å². The summed E-state index contributed by atoms with van der Waals surface area (Å²) in [7, 11) is 0. The molecule has 19 heteroatoms. The summed E-state index contributed by atoms with van der Waals surface area (Å²) >= 11 is 16.9. The number of hydrogen-bond donors (Lipinski definition) is 5. The van der Waals surface area contributed by atoms with E-state index in [1.54, 1.807) is 115 Å². The average molecular weight is 1080 g/mol. The molecule has 0 atom stereocenters. The number of rotatable bonds is 14. The molecule has 0 saturated carbocycles. The number of amides is 1. The third kappa shape index (κ3) is 24.3. The molecule has 0 fully saturated rings. The van der Waals surface area contributed by atoms with Crippen molar-refractivity contribution in [2.75, 3.05) is 11.1 Å². The lowest BCUT2D eigenvalue weighted by Gasteiger charge is -2.08. The van der Waals surface area contributed by atoms with E-state index in [4.69, 9.17) is 81.1 Å². The zero-order valence-electron chi connectivity index (χ0n) is 40.3. The van der Waals surface area contributed by atoms with Crippen molar-refractivity contribution in [3.63, 3.8) is 0 Å². The molecule has 0 radical (unpaired) electrons. The van der Waals surface area contributed by atoms with Crippen LogP contribution in [0.5, 0.6) is 28.7 Å². The predicted octanol–water partition coefficient (Wildman–Crippen LogP) is 12.7. The fourth-order valence-corrected chi connectivity index (χ4v) is 6.31. The van der Waals surface area contributed by atoms with Crippen LogP contribution in [0, 0.1) is 34.0 Å². The van der Waals surface area contributed by atoms with E-state index in [2.05, 4.69) is 20.3 Å². The highest BCUT2D eigenvalue weighted by atomic mass is 35.5. The molecule has 3 aromatic heterocycles. The first kappa shape index (κ1) is 59.1. The second kappa shape index (κ2) is 32.5. The monoisotopic (exact) mass is 1080 g/mol. The number of anilines is 2. The van der Waals surface area contributed by atoms with Gasteiger partial charge in [0.1, 0.15) is 64.0 Å². The van der Waals surface area contributed by atoms with Crippen molar-refractivity contribution >= 4 is 64.0 Å². The number of nitrogens with one attached hydrogen (secondary N) is 1. The number of pyridine rings is 3. The molecule has 0 aliphatic heterocycles. The van der Waals surface area contributed by atoms with Gasteiger partial charge in [0.25, 0.3) is 0 Å². The minimum absolute atomic E-state index is 0.0570. The number of nitriles is 3. The number of phenols is 1. The highest BCUT2D eigenvalue weighted by Gasteiger charge is 2.06. The Morgan fingerprint density at radius 1 is 0.487 bits per heavy atom. The summed E-state index contributed by atoms with van der Waals surface area (Å²) < 4.78 is 11.3. The lowest BCUT2D eigenvalue weighted by atomic mass is 10.1. The summed E-state index contributed by atoms with van der Waals surface area (Å²) in [6.45, 7) is 0. The zero-order valence-corrected chi connectivity index (χ0v) is 42.5. The van der Waals surface area contributed by atoms with Gasteiger partial charge in [-0.15, -0.1) is 0 Å². The molecule has 0 spiro atoms. The van der Waals surface area contributed by atoms with Crippen LogP contribution in [0.1, 0.15) is 53.0 Å². The number of carboxylic acid groups (broad SMARTS) is 2. The number of ether oxygens (including phenoxy) is 2. The number of benzene rings is 5. The summed E-state index contributed by atoms with van der Waals surface area (Å²) in [6, 6.07) is 50.7. The molecule has 6 N–H and O–H groups in total. The van der Waals surface area contributed by atoms with Gasteiger partial charge in [0.05, 0.1) is 0 Å². The van der Waals surface area contributed by atoms with E-state index in [0.717, 1.165) is 33.1 Å². The SMILES string of the molecule is N#Cc1cc(Cl)ccn1.N#Cc1cc(Oc2ccc(CCC(=O)Nc3ccc(Cl)cc3)cc2)ccn1.N#Cc1cc(Oc2ccc(CCC(=O)O)cc2)ccn1.Nc1ccc(Cl)cc1.O=C(O)CCc1ccc(O)cc1. The first-order valence-electron chi connectivity index (χ1n) is 22.6. The smallest absolute Gasteiger partial charge is 0.303 e. The van der Waals surface area contributed by atoms with Gasteiger partial charge in [-0.3, -0.25) is 14.4 Å². The Balaban J connectivity index is 0.000000222. The van der Waals surface area contributed by atoms with E-state index in [1.165, 1.54) is 24.7 Å². The minimum atomic E-state index is -0.814. The van der Waals surface area contributed by atoms with E-state index in [-0.39, 0.29) is 24.5 Å². The van der Waals surface area contributed by atoms with Crippen molar-refractivity contribution in [1.29, 1.82) is 15.8 Å². The largest absolute Gasteiger partial charge is 0.508 e. The molecule has 76 heavy (non-hydrogen) atoms. The normalized spacial score (nSPS) is 9.63. The standard InChI is InChI=1S/C21H16ClN3O2.C15H12N2O3.C9H10O3.C6H3ClN2.C6H6ClN/c22-16-4-6-17(7-5-16)25-21(26)10-3-15-1-8-19(9-2-15)27-20-11-12-24-18(13-20)14-23;16-10-12-9-14(7-8-17-12)20-13-4-1-11(2-5-13)3-6-15(18)19;10-8-4-1-7(2-5-8)3-6-9(11)12;7-5-1-2-9-6(3-5)4-8;7-5-1-3-6(8)4-2-5/h1-2,4-9,11-13H,3,10H2,(H,25,26);1-2,4-5,7-9H,3,6H2,(H,18,19);1-2,4-5,10H,3,6H2,(H,11,12);1-3H;1-4H,8H2. The highest BCUT2D eigenvalue weighted by Crippen LogP contribution is 2.24. The number of aryl methyl sites for hydroxylation is 3. The van der Waals surface area contributed by atoms with Gasteiger partial charge in [0.2, 0.25) is 5.91 Å². The number of carbonyl (C=O) groups is 3. The molecule has 0 unspecified atom stereocenters. The number of aromatic hydroxyl groups is 1. The van der Waals surface area contributed by atoms with E-state index in [0.29, 0.717) is 75.8 Å². The number of hydrogen-bond acceptors (Lipinski definition) is 13. The van der Waals surface area contributed by atoms with Gasteiger partial charge < -0.3 is 35.8 Å². The van der Waals surface area contributed by atoms with Gasteiger partial charge in [-0.05, 0) is 145 Å². The summed E-state index contributed by atoms with van der Waals surface area (Å²) in [5.74, 6) is 0.895. The number of carboxylic acids is 2. The van der Waals surface area contributed by atoms with E-state index >= 15 is 0 Å². The lowest BCUT2D eigenvalue weighted by molar-refractivity contribution is -0.138. The van der Waals surface area contributed by atoms with Crippen LogP contribution >= 0.6 is 34.8 Å². The van der Waals surface area contributed by atoms with E-state index in [1.807, 2.05) is 54.6 Å². The molecule has 8 rings (SSSR count). The van der Waals surface area contributed by atoms with Gasteiger partial charge >= 0.3 is 11.9 Å². The first-order valence-corrected chi connectivity index (χ1v) is 23.8. The maximum atomic E-state index is 12.0. The summed E-state index contributed by atoms with van der Waals surface area (Å²) in [4.78, 5) is 44.2. The molecule has 0 aliphatic carbocycles. The van der Waals surface area contributed by atoms with Crippen molar-refractivity contribution < 1.29 is 39.2 Å². The Morgan fingerprint density at radius 3 is 1.25 bits per heavy atom. The fraction of sp³-hybridized carbons (Fsp3) is 0.105. The second-order valence-corrected chi connectivity index (χ2v) is 16.8. The molecule has 3 heterocycles. The van der Waals surface area contributed by atoms with Crippen molar-refractivity contribution in [2.24, 2.45) is 0 Å². The maximum Gasteiger partial charge on any atom is 0.303 e. The quantitative estimate of drug-likeness (QED) is 0.0633. The van der Waals surface area contributed by atoms with E-state index < -0.39 is 11.9 Å². The number of carbonyl (C=O) groups excluding carboxylic acids is 1. The third-order valence-corrected chi connectivity index (χ3v) is 10.4. The van der Waals surface area contributed by atoms with Crippen LogP contribution in [0.4, 0.5) is 11.4 Å². The lowest BCUT2D eigenvalue weighted by Crippen LogP contribution is -2.12. The number of halogens is 3. The van der Waals surface area contributed by atoms with Gasteiger partial charge in [0.15, 0.2) is 0 Å². The Kier molecular flexibility index (Phi) is 25.3. The molecule has 0 bridgehead atoms. The van der Waals surface area contributed by atoms with Crippen LogP contribution < -0.4 is 20.5 Å². The average Bonchev–Trinajstić information content (AvgIpc) is 3.42. The van der Waals surface area contributed by atoms with Crippen LogP contribution in [0.3, 0.4) is 0 Å². The summed E-state index contributed by atoms with van der Waals surface area (Å²) in [6.07, 6.45) is 6.77. The number of nitrogens with zero attached hydrogens (tertiary/aromatic N) is 6. The van der Waals surface area contributed by atoms with Gasteiger partial charge in [-0.2, -0.15) is 15.8 Å². The van der Waals surface area contributed by atoms with Crippen LogP contribution in [0.2, 0.25) is 15.1 Å². The number of aromatic nitrogens is 3. The minimum Gasteiger partial charge on any atom is -0.508 e. The maximum absolute atomic E-state index is 12.0. The summed E-state index contributed by atoms with van der Waals surface area (Å²) in [5, 5.41) is 56.6. The highest BCUT2D eigenvalue weighted by molar-refractivity contribution is 6.31. The molecule has 5 aromatic carbocycles. The molecule has 0 saturated heterocycles. The predicted molar refractivity (Wildman–Crippen MR) is 289 cm³/mol. The molecular formula is C57H47Cl3N8O8. The van der Waals surface area contributed by atoms with Crippen LogP contribution in [0.25, 0.3) is 0 Å². The Hall–Kier alpha value is -9.50. The topological polar surface area (TPSA) is 278 Å². The van der Waals surface area contributed by atoms with Gasteiger partial charge in [-0.25, -0.2) is 15.0 Å². The van der Waals surface area contributed by atoms with Crippen molar-refractivity contribution in [2.45, 2.75) is 38.5 Å². The number of nitrogens with two attached hydrogens (primary N) is 1. The Labute approximate surface area is 453 Å². The molecule has 8 aromatic rings. The molecule has 16 nitrogen and oxygen atoms in total. The molecule has 384 valence electrons. The molecular weight excluding hydrogens is 1030 g/mol. The summed E-state index contributed by atoms with van der Waals surface area (Å²) in [5.41, 5.74) is 10.7. The number of phenolic OH excluding ortho intramolecular Hbond substituents is 1. The Morgan fingerprint density at radius 2 is 0.868 bits per heavy atom.